The zero-order valence-corrected chi connectivity index (χ0v) is 16.7. The van der Waals surface area contributed by atoms with Gasteiger partial charge in [0, 0.05) is 51.0 Å². The van der Waals surface area contributed by atoms with Gasteiger partial charge in [-0.05, 0) is 38.2 Å². The summed E-state index contributed by atoms with van der Waals surface area (Å²) in [5.74, 6) is 1.02. The molecule has 27 heavy (non-hydrogen) atoms. The summed E-state index contributed by atoms with van der Waals surface area (Å²) in [6.07, 6.45) is 9.66. The van der Waals surface area contributed by atoms with E-state index in [-0.39, 0.29) is 6.54 Å². The molecule has 1 aromatic heterocycles. The van der Waals surface area contributed by atoms with E-state index in [2.05, 4.69) is 19.8 Å². The monoisotopic (exact) mass is 395 g/mol. The first-order valence-electron chi connectivity index (χ1n) is 9.78. The maximum Gasteiger partial charge on any atom is 0.211 e. The van der Waals surface area contributed by atoms with Crippen LogP contribution in [0.25, 0.3) is 0 Å². The lowest BCUT2D eigenvalue weighted by atomic mass is 9.98. The lowest BCUT2D eigenvalue weighted by molar-refractivity contribution is 0.00978. The van der Waals surface area contributed by atoms with Crippen molar-refractivity contribution in [3.05, 3.63) is 18.6 Å². The van der Waals surface area contributed by atoms with Gasteiger partial charge < -0.3 is 14.9 Å². The minimum Gasteiger partial charge on any atom is -0.387 e. The van der Waals surface area contributed by atoms with Gasteiger partial charge in [-0.3, -0.25) is 0 Å². The molecule has 1 aromatic rings. The highest BCUT2D eigenvalue weighted by atomic mass is 32.2. The molecule has 2 aliphatic heterocycles. The minimum absolute atomic E-state index is 0.209. The van der Waals surface area contributed by atoms with Crippen LogP contribution in [0.3, 0.4) is 0 Å². The van der Waals surface area contributed by atoms with Crippen molar-refractivity contribution in [2.24, 2.45) is 0 Å². The van der Waals surface area contributed by atoms with E-state index in [0.29, 0.717) is 31.6 Å². The molecular weight excluding hydrogens is 366 g/mol. The summed E-state index contributed by atoms with van der Waals surface area (Å²) >= 11 is 0. The zero-order chi connectivity index (χ0) is 19.1. The molecule has 1 atom stereocenters. The molecule has 2 saturated heterocycles. The van der Waals surface area contributed by atoms with E-state index in [0.717, 1.165) is 31.7 Å². The van der Waals surface area contributed by atoms with Crippen LogP contribution in [0, 0.1) is 0 Å². The Morgan fingerprint density at radius 2 is 1.93 bits per heavy atom. The molecule has 0 radical (unpaired) electrons. The van der Waals surface area contributed by atoms with Crippen LogP contribution in [0.2, 0.25) is 0 Å². The number of anilines is 1. The second-order valence-electron chi connectivity index (χ2n) is 8.28. The molecule has 1 saturated carbocycles. The molecule has 1 N–H and O–H groups in total. The summed E-state index contributed by atoms with van der Waals surface area (Å²) in [6, 6.07) is 3.05. The average molecular weight is 396 g/mol. The van der Waals surface area contributed by atoms with Crippen LogP contribution in [0.1, 0.15) is 32.1 Å². The quantitative estimate of drug-likeness (QED) is 0.741. The Hall–Kier alpha value is -1.29. The number of sulfonamides is 1. The molecule has 8 nitrogen and oxygen atoms in total. The molecule has 3 heterocycles. The first-order valence-corrected chi connectivity index (χ1v) is 11.6. The van der Waals surface area contributed by atoms with Crippen molar-refractivity contribution in [3.63, 3.8) is 0 Å². The number of hydrogen-bond donors (Lipinski definition) is 1. The normalized spacial score (nSPS) is 28.5. The molecule has 3 fully saturated rings. The fourth-order valence-electron chi connectivity index (χ4n) is 4.46. The van der Waals surface area contributed by atoms with E-state index in [1.807, 2.05) is 6.07 Å². The van der Waals surface area contributed by atoms with Gasteiger partial charge in [-0.1, -0.05) is 0 Å². The summed E-state index contributed by atoms with van der Waals surface area (Å²) in [4.78, 5) is 13.2. The van der Waals surface area contributed by atoms with Crippen LogP contribution in [0.4, 0.5) is 5.82 Å². The number of aromatic nitrogens is 2. The van der Waals surface area contributed by atoms with E-state index < -0.39 is 15.6 Å². The van der Waals surface area contributed by atoms with E-state index in [1.54, 1.807) is 12.5 Å². The van der Waals surface area contributed by atoms with Crippen LogP contribution in [-0.4, -0.2) is 89.4 Å². The molecule has 0 amide bonds. The Bertz CT molecular complexity index is 750. The zero-order valence-electron chi connectivity index (χ0n) is 15.9. The number of β-amino-alcohol motifs (C(OH)–C–C–N with tert-alkyl or cyclic N) is 1. The fraction of sp³-hybridized carbons (Fsp3) is 0.778. The van der Waals surface area contributed by atoms with Gasteiger partial charge in [-0.25, -0.2) is 18.4 Å². The summed E-state index contributed by atoms with van der Waals surface area (Å²) in [6.45, 7) is 3.00. The maximum absolute atomic E-state index is 11.7. The first-order chi connectivity index (χ1) is 12.8. The second kappa shape index (κ2) is 7.27. The molecule has 0 bridgehead atoms. The van der Waals surface area contributed by atoms with Crippen molar-refractivity contribution >= 4 is 15.8 Å². The Morgan fingerprint density at radius 1 is 1.22 bits per heavy atom. The van der Waals surface area contributed by atoms with Gasteiger partial charge >= 0.3 is 0 Å². The van der Waals surface area contributed by atoms with Gasteiger partial charge in [0.15, 0.2) is 0 Å². The van der Waals surface area contributed by atoms with Gasteiger partial charge in [-0.2, -0.15) is 4.31 Å². The van der Waals surface area contributed by atoms with Crippen molar-refractivity contribution < 1.29 is 13.5 Å². The number of rotatable bonds is 6. The van der Waals surface area contributed by atoms with Gasteiger partial charge in [0.05, 0.1) is 11.9 Å². The number of likely N-dealkylation sites (tertiary alicyclic amines) is 1. The van der Waals surface area contributed by atoms with Crippen LogP contribution in [-0.2, 0) is 10.0 Å². The Labute approximate surface area is 161 Å². The van der Waals surface area contributed by atoms with Crippen LogP contribution < -0.4 is 4.90 Å². The lowest BCUT2D eigenvalue weighted by Crippen LogP contribution is -2.51. The summed E-state index contributed by atoms with van der Waals surface area (Å²) in [5, 5.41) is 10.9. The predicted octanol–water partition coefficient (Wildman–Crippen LogP) is 0.306. The van der Waals surface area contributed by atoms with Crippen LogP contribution >= 0.6 is 0 Å². The molecule has 1 aliphatic carbocycles. The average Bonchev–Trinajstić information content (AvgIpc) is 3.38. The third kappa shape index (κ3) is 4.42. The van der Waals surface area contributed by atoms with Crippen molar-refractivity contribution in [1.82, 2.24) is 19.2 Å². The highest BCUT2D eigenvalue weighted by Gasteiger charge is 2.42. The maximum atomic E-state index is 11.7. The Balaban J connectivity index is 1.34. The summed E-state index contributed by atoms with van der Waals surface area (Å²) in [5.41, 5.74) is -0.932. The third-order valence-electron chi connectivity index (χ3n) is 6.01. The highest BCUT2D eigenvalue weighted by molar-refractivity contribution is 7.88. The van der Waals surface area contributed by atoms with E-state index in [1.165, 1.54) is 23.4 Å². The van der Waals surface area contributed by atoms with Gasteiger partial charge in [0.1, 0.15) is 12.1 Å². The van der Waals surface area contributed by atoms with E-state index in [4.69, 9.17) is 0 Å². The van der Waals surface area contributed by atoms with Crippen LogP contribution in [0.15, 0.2) is 18.6 Å². The van der Waals surface area contributed by atoms with Gasteiger partial charge in [-0.15, -0.1) is 0 Å². The number of nitrogens with zero attached hydrogens (tertiary/aromatic N) is 5. The smallest absolute Gasteiger partial charge is 0.211 e. The third-order valence-corrected chi connectivity index (χ3v) is 7.26. The van der Waals surface area contributed by atoms with Gasteiger partial charge in [0.25, 0.3) is 0 Å². The van der Waals surface area contributed by atoms with E-state index in [9.17, 15) is 13.5 Å². The molecule has 150 valence electrons. The Morgan fingerprint density at radius 3 is 2.48 bits per heavy atom. The van der Waals surface area contributed by atoms with Crippen molar-refractivity contribution in [1.29, 1.82) is 0 Å². The molecule has 0 aromatic carbocycles. The predicted molar refractivity (Wildman–Crippen MR) is 103 cm³/mol. The minimum atomic E-state index is -3.23. The van der Waals surface area contributed by atoms with Crippen LogP contribution in [0.5, 0.6) is 0 Å². The van der Waals surface area contributed by atoms with E-state index >= 15 is 0 Å². The van der Waals surface area contributed by atoms with Crippen molar-refractivity contribution in [2.45, 2.75) is 49.8 Å². The highest BCUT2D eigenvalue weighted by Crippen LogP contribution is 2.35. The molecule has 3 aliphatic rings. The van der Waals surface area contributed by atoms with Crippen molar-refractivity contribution in [2.75, 3.05) is 43.9 Å². The molecule has 1 unspecified atom stereocenters. The second-order valence-corrected chi connectivity index (χ2v) is 10.3. The Kier molecular flexibility index (Phi) is 5.13. The first kappa shape index (κ1) is 19.0. The molecule has 4 rings (SSSR count). The SMILES string of the molecule is CS(=O)(=O)N1CCC(O)(CN2CCC(N(c3ccncn3)C3CC3)CC2)C1. The van der Waals surface area contributed by atoms with Crippen molar-refractivity contribution in [3.8, 4) is 0 Å². The number of hydrogen-bond acceptors (Lipinski definition) is 7. The molecule has 0 spiro atoms. The molecule has 9 heteroatoms. The standard InChI is InChI=1S/C18H29N5O3S/c1-27(25,26)22-11-7-18(24,13-22)12-21-9-5-16(6-10-21)23(15-2-3-15)17-4-8-19-14-20-17/h4,8,14-16,24H,2-3,5-7,9-13H2,1H3. The number of piperidine rings is 1. The summed E-state index contributed by atoms with van der Waals surface area (Å²) < 4.78 is 24.8. The summed E-state index contributed by atoms with van der Waals surface area (Å²) in [7, 11) is -3.23. The lowest BCUT2D eigenvalue weighted by Gasteiger charge is -2.41. The number of aliphatic hydroxyl groups is 1. The molecular formula is C18H29N5O3S. The fourth-order valence-corrected chi connectivity index (χ4v) is 5.36. The largest absolute Gasteiger partial charge is 0.387 e. The topological polar surface area (TPSA) is 89.9 Å². The van der Waals surface area contributed by atoms with Gasteiger partial charge in [0.2, 0.25) is 10.0 Å².